The largest absolute Gasteiger partial charge is 4.00 e. The van der Waals surface area contributed by atoms with Gasteiger partial charge in [-0.2, -0.15) is 0 Å². The minimum atomic E-state index is -1.09. The second-order valence-electron chi connectivity index (χ2n) is 28.6. The van der Waals surface area contributed by atoms with Gasteiger partial charge < -0.3 is 58.6 Å². The Morgan fingerprint density at radius 1 is 0.220 bits per heavy atom. The standard InChI is InChI=1S/4C24H30O3.Mo/c4*1-6-14-11-12-15-13-20-21(24(25)26)18(9-4)17(8-3)19(10-5)23(20)27-22(15)16(14)7-2;/h4*11-12H,6-10,13H2,1-5H3,(H,25,26);/q;;;;+4/p-4. The molecular formula is C96H116MoO12. The molecular weight excluding hydrogens is 1440 g/mol. The molecule has 4 aliphatic heterocycles. The van der Waals surface area contributed by atoms with Gasteiger partial charge in [-0.25, -0.2) is 0 Å². The van der Waals surface area contributed by atoms with Crippen LogP contribution in [-0.4, -0.2) is 23.9 Å². The maximum atomic E-state index is 12.1. The number of rotatable bonds is 24. The SMILES string of the molecule is CCc1ccc2c(c1CC)Oc1c(CC)c(CC)c(CC)c(C(=O)[O-])c1C2.CCc1ccc2c(c1CC)Oc1c(CC)c(CC)c(CC)c(C(=O)[O-])c1C2.CCc1ccc2c(c1CC)Oc1c(CC)c(CC)c(CC)c(C(=O)[O-])c1C2.CCc1ccc2c(c1CC)Oc1c(CC)c(CC)c(CC)c(C(=O)[O-])c1C2.[Mo+4]. The summed E-state index contributed by atoms with van der Waals surface area (Å²) in [6.07, 6.45) is 19.1. The molecule has 109 heavy (non-hydrogen) atoms. The average Bonchev–Trinajstić information content (AvgIpc) is 0.757. The van der Waals surface area contributed by atoms with Crippen LogP contribution in [0.2, 0.25) is 0 Å². The molecule has 13 heteroatoms. The number of benzene rings is 8. The quantitative estimate of drug-likeness (QED) is 0.0520. The maximum Gasteiger partial charge on any atom is 4.00 e. The molecule has 4 aliphatic rings. The zero-order valence-electron chi connectivity index (χ0n) is 68.9. The fourth-order valence-corrected chi connectivity index (χ4v) is 18.7. The topological polar surface area (TPSA) is 197 Å². The van der Waals surface area contributed by atoms with Crippen LogP contribution < -0.4 is 39.4 Å². The van der Waals surface area contributed by atoms with Gasteiger partial charge in [-0.05, 0) is 262 Å². The van der Waals surface area contributed by atoms with E-state index in [0.29, 0.717) is 73.6 Å². The Kier molecular flexibility index (Phi) is 30.0. The molecule has 0 N–H and O–H groups in total. The zero-order chi connectivity index (χ0) is 78.9. The van der Waals surface area contributed by atoms with E-state index in [1.807, 2.05) is 27.7 Å². The van der Waals surface area contributed by atoms with E-state index in [9.17, 15) is 39.6 Å². The molecule has 0 unspecified atom stereocenters. The Morgan fingerprint density at radius 3 is 0.505 bits per heavy atom. The number of hydrogen-bond donors (Lipinski definition) is 0. The van der Waals surface area contributed by atoms with E-state index < -0.39 is 23.9 Å². The van der Waals surface area contributed by atoms with Crippen molar-refractivity contribution in [2.75, 3.05) is 0 Å². The molecule has 578 valence electrons. The first-order chi connectivity index (χ1) is 52.1. The molecule has 0 saturated heterocycles. The van der Waals surface area contributed by atoms with Crippen molar-refractivity contribution in [1.29, 1.82) is 0 Å². The summed E-state index contributed by atoms with van der Waals surface area (Å²) in [7, 11) is 0. The monoisotopic (exact) mass is 1560 g/mol. The predicted molar refractivity (Wildman–Crippen MR) is 428 cm³/mol. The number of fused-ring (bicyclic) bond motifs is 8. The van der Waals surface area contributed by atoms with Gasteiger partial charge in [-0.3, -0.25) is 0 Å². The second-order valence-corrected chi connectivity index (χ2v) is 28.6. The van der Waals surface area contributed by atoms with E-state index in [4.69, 9.17) is 18.9 Å². The number of aryl methyl sites for hydroxylation is 4. The van der Waals surface area contributed by atoms with Crippen molar-refractivity contribution in [3.8, 4) is 46.0 Å². The molecule has 0 saturated carbocycles. The minimum absolute atomic E-state index is 0. The molecule has 0 amide bonds. The number of carbonyl (C=O) groups is 4. The van der Waals surface area contributed by atoms with Gasteiger partial charge in [-0.15, -0.1) is 0 Å². The number of ether oxygens (including phenoxy) is 4. The first-order valence-electron chi connectivity index (χ1n) is 41.0. The van der Waals surface area contributed by atoms with Gasteiger partial charge in [-0.1, -0.05) is 187 Å². The fraction of sp³-hybridized carbons (Fsp3) is 0.458. The normalized spacial score (nSPS) is 12.2. The van der Waals surface area contributed by atoms with Gasteiger partial charge in [0, 0.05) is 70.2 Å². The number of carboxylic acid groups (broad SMARTS) is 4. The fourth-order valence-electron chi connectivity index (χ4n) is 18.7. The summed E-state index contributed by atoms with van der Waals surface area (Å²) in [4.78, 5) is 48.4. The van der Waals surface area contributed by atoms with Crippen molar-refractivity contribution in [2.24, 2.45) is 0 Å². The van der Waals surface area contributed by atoms with E-state index in [0.717, 1.165) is 260 Å². The Bertz CT molecular complexity index is 4180. The molecule has 8 aromatic rings. The third kappa shape index (κ3) is 16.0. The summed E-state index contributed by atoms with van der Waals surface area (Å²) in [5.41, 5.74) is 31.8. The molecule has 0 fully saturated rings. The van der Waals surface area contributed by atoms with E-state index in [1.165, 1.54) is 44.5 Å². The predicted octanol–water partition coefficient (Wildman–Crippen LogP) is 18.2. The average molecular weight is 1560 g/mol. The van der Waals surface area contributed by atoms with Crippen molar-refractivity contribution in [3.63, 3.8) is 0 Å². The van der Waals surface area contributed by atoms with Gasteiger partial charge in [0.25, 0.3) is 0 Å². The molecule has 0 aliphatic carbocycles. The van der Waals surface area contributed by atoms with Crippen LogP contribution in [0.5, 0.6) is 46.0 Å². The van der Waals surface area contributed by atoms with Crippen LogP contribution in [0.15, 0.2) is 48.5 Å². The summed E-state index contributed by atoms with van der Waals surface area (Å²) in [6, 6.07) is 17.0. The summed E-state index contributed by atoms with van der Waals surface area (Å²) in [5.74, 6) is 2.46. The van der Waals surface area contributed by atoms with Crippen molar-refractivity contribution >= 4 is 23.9 Å². The first kappa shape index (κ1) is 86.1. The van der Waals surface area contributed by atoms with E-state index in [-0.39, 0.29) is 21.1 Å². The summed E-state index contributed by atoms with van der Waals surface area (Å²) in [5, 5.41) is 48.4. The van der Waals surface area contributed by atoms with Gasteiger partial charge in [0.15, 0.2) is 0 Å². The number of aromatic carboxylic acids is 4. The Morgan fingerprint density at radius 2 is 0.376 bits per heavy atom. The maximum absolute atomic E-state index is 12.1. The van der Waals surface area contributed by atoms with Crippen molar-refractivity contribution in [3.05, 3.63) is 227 Å². The van der Waals surface area contributed by atoms with Gasteiger partial charge in [0.1, 0.15) is 46.0 Å². The van der Waals surface area contributed by atoms with Crippen LogP contribution in [0, 0.1) is 0 Å². The summed E-state index contributed by atoms with van der Waals surface area (Å²) >= 11 is 0. The molecule has 0 atom stereocenters. The van der Waals surface area contributed by atoms with Gasteiger partial charge >= 0.3 is 21.1 Å². The van der Waals surface area contributed by atoms with Crippen LogP contribution in [-0.2, 0) is 175 Å². The third-order valence-corrected chi connectivity index (χ3v) is 23.6. The first-order valence-corrected chi connectivity index (χ1v) is 41.0. The second kappa shape index (κ2) is 38.0. The summed E-state index contributed by atoms with van der Waals surface area (Å²) < 4.78 is 26.0. The number of hydrogen-bond acceptors (Lipinski definition) is 12. The zero-order valence-corrected chi connectivity index (χ0v) is 70.9. The third-order valence-electron chi connectivity index (χ3n) is 23.6. The number of carbonyl (C=O) groups excluding carboxylic acids is 4. The molecule has 0 bridgehead atoms. The van der Waals surface area contributed by atoms with Crippen LogP contribution >= 0.6 is 0 Å². The summed E-state index contributed by atoms with van der Waals surface area (Å²) in [6.45, 7) is 42.1. The Balaban J connectivity index is 0.000000182. The molecule has 4 heterocycles. The smallest absolute Gasteiger partial charge is 0.545 e. The molecule has 12 rings (SSSR count). The molecule has 0 spiro atoms. The van der Waals surface area contributed by atoms with E-state index >= 15 is 0 Å². The number of carboxylic acids is 4. The van der Waals surface area contributed by atoms with Crippen LogP contribution in [0.1, 0.15) is 336 Å². The van der Waals surface area contributed by atoms with Gasteiger partial charge in [0.2, 0.25) is 0 Å². The van der Waals surface area contributed by atoms with Crippen LogP contribution in [0.25, 0.3) is 0 Å². The Hall–Kier alpha value is -8.47. The molecule has 12 nitrogen and oxygen atoms in total. The van der Waals surface area contributed by atoms with Crippen LogP contribution in [0.4, 0.5) is 0 Å². The van der Waals surface area contributed by atoms with Crippen molar-refractivity contribution in [1.82, 2.24) is 0 Å². The molecule has 0 radical (unpaired) electrons. The van der Waals surface area contributed by atoms with Crippen molar-refractivity contribution < 1.29 is 79.6 Å². The van der Waals surface area contributed by atoms with Gasteiger partial charge in [0.05, 0.1) is 23.9 Å². The van der Waals surface area contributed by atoms with Crippen molar-refractivity contribution in [2.45, 2.75) is 293 Å². The van der Waals surface area contributed by atoms with E-state index in [2.05, 4.69) is 159 Å². The molecule has 8 aromatic carbocycles. The molecule has 0 aromatic heterocycles. The Labute approximate surface area is 664 Å². The van der Waals surface area contributed by atoms with Crippen LogP contribution in [0.3, 0.4) is 0 Å². The van der Waals surface area contributed by atoms with E-state index in [1.54, 1.807) is 0 Å². The minimum Gasteiger partial charge on any atom is -0.545 e.